The number of carbonyl (C=O) groups is 1. The number of amides is 1. The number of rotatable bonds is 8. The van der Waals surface area contributed by atoms with Crippen molar-refractivity contribution in [1.82, 2.24) is 9.80 Å². The molecule has 1 fully saturated rings. The Morgan fingerprint density at radius 2 is 1.66 bits per heavy atom. The quantitative estimate of drug-likeness (QED) is 0.514. The summed E-state index contributed by atoms with van der Waals surface area (Å²) < 4.78 is 46.5. The van der Waals surface area contributed by atoms with Crippen LogP contribution in [0.1, 0.15) is 11.1 Å². The number of hydrogen-bond donors (Lipinski definition) is 1. The summed E-state index contributed by atoms with van der Waals surface area (Å²) in [4.78, 5) is 16.8. The molecule has 0 radical (unpaired) electrons. The van der Waals surface area contributed by atoms with Gasteiger partial charge in [0.1, 0.15) is 11.6 Å². The predicted molar refractivity (Wildman–Crippen MR) is 132 cm³/mol. The number of nitrogens with one attached hydrogen (secondary N) is 1. The predicted octanol–water partition coefficient (Wildman–Crippen LogP) is 3.66. The summed E-state index contributed by atoms with van der Waals surface area (Å²) in [5.41, 5.74) is 2.11. The molecule has 0 aromatic heterocycles. The van der Waals surface area contributed by atoms with E-state index in [4.69, 9.17) is 4.74 Å². The molecule has 0 saturated carbocycles. The van der Waals surface area contributed by atoms with E-state index >= 15 is 0 Å². The van der Waals surface area contributed by atoms with E-state index < -0.39 is 15.8 Å². The highest BCUT2D eigenvalue weighted by Crippen LogP contribution is 2.24. The van der Waals surface area contributed by atoms with Crippen molar-refractivity contribution >= 4 is 21.6 Å². The molecule has 4 rings (SSSR count). The van der Waals surface area contributed by atoms with Crippen LogP contribution in [0.5, 0.6) is 5.75 Å². The third kappa shape index (κ3) is 6.58. The number of hydrogen-bond acceptors (Lipinski definition) is 5. The van der Waals surface area contributed by atoms with E-state index in [0.717, 1.165) is 19.6 Å². The van der Waals surface area contributed by atoms with Gasteiger partial charge in [0.2, 0.25) is 0 Å². The smallest absolute Gasteiger partial charge is 0.261 e. The van der Waals surface area contributed by atoms with Gasteiger partial charge in [-0.1, -0.05) is 30.3 Å². The Morgan fingerprint density at radius 1 is 0.971 bits per heavy atom. The SMILES string of the molecule is Cc1cc(S(=O)(=O)Nc2ccc(F)cc2)ccc1OCC(=O)N1CCN(Cc2ccccc2)CC1. The first-order valence-corrected chi connectivity index (χ1v) is 12.8. The number of benzene rings is 3. The lowest BCUT2D eigenvalue weighted by Gasteiger charge is -2.34. The third-order valence-corrected chi connectivity index (χ3v) is 7.26. The topological polar surface area (TPSA) is 78.9 Å². The van der Waals surface area contributed by atoms with E-state index in [1.165, 1.54) is 42.0 Å². The summed E-state index contributed by atoms with van der Waals surface area (Å²) in [5.74, 6) is -0.103. The Balaban J connectivity index is 1.29. The summed E-state index contributed by atoms with van der Waals surface area (Å²) in [6.07, 6.45) is 0. The first kappa shape index (κ1) is 24.7. The van der Waals surface area contributed by atoms with Crippen LogP contribution in [0, 0.1) is 12.7 Å². The fourth-order valence-corrected chi connectivity index (χ4v) is 5.05. The van der Waals surface area contributed by atoms with Crippen molar-refractivity contribution in [2.45, 2.75) is 18.4 Å². The molecular weight excluding hydrogens is 469 g/mol. The minimum atomic E-state index is -3.85. The Morgan fingerprint density at radius 3 is 2.31 bits per heavy atom. The van der Waals surface area contributed by atoms with Crippen molar-refractivity contribution in [3.05, 3.63) is 89.7 Å². The molecule has 0 aliphatic carbocycles. The van der Waals surface area contributed by atoms with E-state index in [9.17, 15) is 17.6 Å². The lowest BCUT2D eigenvalue weighted by molar-refractivity contribution is -0.135. The van der Waals surface area contributed by atoms with Gasteiger partial charge in [0.05, 0.1) is 4.90 Å². The Hall–Kier alpha value is -3.43. The largest absolute Gasteiger partial charge is 0.483 e. The Labute approximate surface area is 205 Å². The van der Waals surface area contributed by atoms with Crippen LogP contribution in [0.2, 0.25) is 0 Å². The van der Waals surface area contributed by atoms with Crippen LogP contribution in [0.15, 0.2) is 77.7 Å². The highest BCUT2D eigenvalue weighted by atomic mass is 32.2. The number of sulfonamides is 1. The number of carbonyl (C=O) groups excluding carboxylic acids is 1. The summed E-state index contributed by atoms with van der Waals surface area (Å²) in [7, 11) is -3.85. The molecule has 3 aromatic rings. The van der Waals surface area contributed by atoms with Crippen LogP contribution >= 0.6 is 0 Å². The molecule has 35 heavy (non-hydrogen) atoms. The van der Waals surface area contributed by atoms with Crippen molar-refractivity contribution < 1.29 is 22.3 Å². The minimum Gasteiger partial charge on any atom is -0.483 e. The summed E-state index contributed by atoms with van der Waals surface area (Å²) in [5, 5.41) is 0. The number of aryl methyl sites for hydroxylation is 1. The zero-order chi connectivity index (χ0) is 24.8. The maximum absolute atomic E-state index is 13.1. The molecule has 0 spiro atoms. The first-order valence-electron chi connectivity index (χ1n) is 11.4. The summed E-state index contributed by atoms with van der Waals surface area (Å²) in [6.45, 7) is 5.35. The molecule has 0 unspecified atom stereocenters. The lowest BCUT2D eigenvalue weighted by Crippen LogP contribution is -2.49. The lowest BCUT2D eigenvalue weighted by atomic mass is 10.2. The molecule has 1 saturated heterocycles. The number of ether oxygens (including phenoxy) is 1. The minimum absolute atomic E-state index is 0.0486. The van der Waals surface area contributed by atoms with E-state index in [-0.39, 0.29) is 23.1 Å². The molecule has 9 heteroatoms. The summed E-state index contributed by atoms with van der Waals surface area (Å²) in [6, 6.07) is 19.8. The van der Waals surface area contributed by atoms with Crippen LogP contribution in [0.25, 0.3) is 0 Å². The average Bonchev–Trinajstić information content (AvgIpc) is 2.85. The van der Waals surface area contributed by atoms with E-state index in [1.807, 2.05) is 18.2 Å². The number of nitrogens with zero attached hydrogens (tertiary/aromatic N) is 2. The second-order valence-electron chi connectivity index (χ2n) is 8.47. The number of anilines is 1. The van der Waals surface area contributed by atoms with Gasteiger partial charge >= 0.3 is 0 Å². The zero-order valence-electron chi connectivity index (χ0n) is 19.5. The molecule has 184 valence electrons. The molecule has 3 aromatic carbocycles. The van der Waals surface area contributed by atoms with Crippen LogP contribution in [-0.4, -0.2) is 56.9 Å². The molecular formula is C26H28FN3O4S. The van der Waals surface area contributed by atoms with Gasteiger partial charge in [-0.2, -0.15) is 0 Å². The zero-order valence-corrected chi connectivity index (χ0v) is 20.3. The van der Waals surface area contributed by atoms with Gasteiger partial charge in [-0.3, -0.25) is 14.4 Å². The number of piperazine rings is 1. The van der Waals surface area contributed by atoms with Gasteiger partial charge in [0, 0.05) is 38.4 Å². The molecule has 0 atom stereocenters. The summed E-state index contributed by atoms with van der Waals surface area (Å²) >= 11 is 0. The number of halogens is 1. The first-order chi connectivity index (χ1) is 16.8. The second-order valence-corrected chi connectivity index (χ2v) is 10.2. The van der Waals surface area contributed by atoms with Crippen molar-refractivity contribution in [3.8, 4) is 5.75 Å². The van der Waals surface area contributed by atoms with Crippen LogP contribution in [-0.2, 0) is 21.4 Å². The average molecular weight is 498 g/mol. The molecule has 7 nitrogen and oxygen atoms in total. The van der Waals surface area contributed by atoms with Gasteiger partial charge < -0.3 is 9.64 Å². The van der Waals surface area contributed by atoms with Crippen LogP contribution < -0.4 is 9.46 Å². The fourth-order valence-electron chi connectivity index (χ4n) is 3.91. The van der Waals surface area contributed by atoms with Gasteiger partial charge in [-0.05, 0) is 60.5 Å². The molecule has 0 bridgehead atoms. The van der Waals surface area contributed by atoms with Crippen molar-refractivity contribution in [3.63, 3.8) is 0 Å². The van der Waals surface area contributed by atoms with Gasteiger partial charge in [-0.15, -0.1) is 0 Å². The highest BCUT2D eigenvalue weighted by Gasteiger charge is 2.22. The molecule has 1 aliphatic heterocycles. The molecule has 1 amide bonds. The maximum atomic E-state index is 13.1. The van der Waals surface area contributed by atoms with Gasteiger partial charge in [0.15, 0.2) is 6.61 Å². The maximum Gasteiger partial charge on any atom is 0.261 e. The van der Waals surface area contributed by atoms with Crippen molar-refractivity contribution in [2.75, 3.05) is 37.5 Å². The molecule has 1 heterocycles. The van der Waals surface area contributed by atoms with E-state index in [2.05, 4.69) is 21.8 Å². The van der Waals surface area contributed by atoms with E-state index in [0.29, 0.717) is 24.4 Å². The van der Waals surface area contributed by atoms with Crippen LogP contribution in [0.3, 0.4) is 0 Å². The molecule has 1 aliphatic rings. The normalized spacial score (nSPS) is 14.5. The van der Waals surface area contributed by atoms with Gasteiger partial charge in [0.25, 0.3) is 15.9 Å². The highest BCUT2D eigenvalue weighted by molar-refractivity contribution is 7.92. The van der Waals surface area contributed by atoms with Crippen molar-refractivity contribution in [1.29, 1.82) is 0 Å². The fraction of sp³-hybridized carbons (Fsp3) is 0.269. The molecule has 1 N–H and O–H groups in total. The van der Waals surface area contributed by atoms with Crippen molar-refractivity contribution in [2.24, 2.45) is 0 Å². The van der Waals surface area contributed by atoms with Gasteiger partial charge in [-0.25, -0.2) is 12.8 Å². The Bertz CT molecular complexity index is 1260. The van der Waals surface area contributed by atoms with E-state index in [1.54, 1.807) is 17.9 Å². The monoisotopic (exact) mass is 497 g/mol. The van der Waals surface area contributed by atoms with Crippen LogP contribution in [0.4, 0.5) is 10.1 Å². The Kier molecular flexibility index (Phi) is 7.67. The second kappa shape index (κ2) is 10.9. The standard InChI is InChI=1S/C26H28FN3O4S/c1-20-17-24(35(32,33)28-23-9-7-22(27)8-10-23)11-12-25(20)34-19-26(31)30-15-13-29(14-16-30)18-21-5-3-2-4-6-21/h2-12,17,28H,13-16,18-19H2,1H3. The third-order valence-electron chi connectivity index (χ3n) is 5.88.